The van der Waals surface area contributed by atoms with Crippen LogP contribution in [0.4, 0.5) is 0 Å². The second-order valence-corrected chi connectivity index (χ2v) is 7.58. The van der Waals surface area contributed by atoms with E-state index in [4.69, 9.17) is 0 Å². The Morgan fingerprint density at radius 3 is 2.47 bits per heavy atom. The van der Waals surface area contributed by atoms with E-state index in [-0.39, 0.29) is 0 Å². The van der Waals surface area contributed by atoms with Crippen LogP contribution in [0, 0.1) is 29.6 Å². The first-order valence-electron chi connectivity index (χ1n) is 8.91. The molecule has 2 fully saturated rings. The lowest BCUT2D eigenvalue weighted by atomic mass is 9.64. The van der Waals surface area contributed by atoms with Gasteiger partial charge in [-0.1, -0.05) is 46.5 Å². The van der Waals surface area contributed by atoms with Gasteiger partial charge in [-0.3, -0.25) is 0 Å². The van der Waals surface area contributed by atoms with Crippen LogP contribution in [0.2, 0.25) is 0 Å². The topological polar surface area (TPSA) is 12.0 Å². The third-order valence-electron chi connectivity index (χ3n) is 5.73. The SMILES string of the molecule is CCCNCC1CCC(C)CC1C1CCCC(C)C1. The minimum absolute atomic E-state index is 0.970. The van der Waals surface area contributed by atoms with Crippen molar-refractivity contribution in [3.63, 3.8) is 0 Å². The van der Waals surface area contributed by atoms with Crippen LogP contribution in [-0.4, -0.2) is 13.1 Å². The molecule has 0 aromatic heterocycles. The van der Waals surface area contributed by atoms with E-state index in [0.717, 1.165) is 29.6 Å². The quantitative estimate of drug-likeness (QED) is 0.700. The Morgan fingerprint density at radius 2 is 1.74 bits per heavy atom. The van der Waals surface area contributed by atoms with Crippen molar-refractivity contribution in [3.05, 3.63) is 0 Å². The van der Waals surface area contributed by atoms with Gasteiger partial charge in [-0.25, -0.2) is 0 Å². The number of hydrogen-bond donors (Lipinski definition) is 1. The normalized spacial score (nSPS) is 40.3. The lowest BCUT2D eigenvalue weighted by molar-refractivity contribution is 0.0868. The van der Waals surface area contributed by atoms with Crippen LogP contribution >= 0.6 is 0 Å². The molecule has 0 bridgehead atoms. The van der Waals surface area contributed by atoms with Crippen molar-refractivity contribution in [2.24, 2.45) is 29.6 Å². The minimum Gasteiger partial charge on any atom is -0.316 e. The molecular weight excluding hydrogens is 230 g/mol. The van der Waals surface area contributed by atoms with Crippen LogP contribution in [0.25, 0.3) is 0 Å². The molecule has 2 aliphatic carbocycles. The molecule has 1 nitrogen and oxygen atoms in total. The summed E-state index contributed by atoms with van der Waals surface area (Å²) in [6.07, 6.45) is 11.7. The van der Waals surface area contributed by atoms with Gasteiger partial charge in [-0.05, 0) is 68.4 Å². The van der Waals surface area contributed by atoms with Gasteiger partial charge in [0.1, 0.15) is 0 Å². The Labute approximate surface area is 120 Å². The number of nitrogens with one attached hydrogen (secondary N) is 1. The van der Waals surface area contributed by atoms with Crippen molar-refractivity contribution in [2.45, 2.75) is 72.1 Å². The van der Waals surface area contributed by atoms with Crippen molar-refractivity contribution < 1.29 is 0 Å². The summed E-state index contributed by atoms with van der Waals surface area (Å²) in [5.74, 6) is 5.00. The van der Waals surface area contributed by atoms with E-state index in [9.17, 15) is 0 Å². The third kappa shape index (κ3) is 4.48. The summed E-state index contributed by atoms with van der Waals surface area (Å²) in [4.78, 5) is 0. The molecule has 2 rings (SSSR count). The molecule has 5 unspecified atom stereocenters. The zero-order valence-corrected chi connectivity index (χ0v) is 13.5. The predicted octanol–water partition coefficient (Wildman–Crippen LogP) is 4.86. The van der Waals surface area contributed by atoms with Gasteiger partial charge in [0.2, 0.25) is 0 Å². The van der Waals surface area contributed by atoms with Crippen LogP contribution in [0.15, 0.2) is 0 Å². The van der Waals surface area contributed by atoms with Crippen LogP contribution in [0.1, 0.15) is 72.1 Å². The van der Waals surface area contributed by atoms with E-state index in [1.54, 1.807) is 0 Å². The fourth-order valence-corrected chi connectivity index (χ4v) is 4.65. The Morgan fingerprint density at radius 1 is 0.947 bits per heavy atom. The fourth-order valence-electron chi connectivity index (χ4n) is 4.65. The maximum Gasteiger partial charge on any atom is -0.00178 e. The molecule has 0 radical (unpaired) electrons. The Kier molecular flexibility index (Phi) is 6.19. The molecule has 0 aliphatic heterocycles. The molecule has 0 saturated heterocycles. The maximum absolute atomic E-state index is 3.70. The summed E-state index contributed by atoms with van der Waals surface area (Å²) in [5, 5.41) is 3.70. The highest BCUT2D eigenvalue weighted by Gasteiger charge is 2.35. The Bertz CT molecular complexity index is 250. The second-order valence-electron chi connectivity index (χ2n) is 7.58. The summed E-state index contributed by atoms with van der Waals surface area (Å²) < 4.78 is 0. The van der Waals surface area contributed by atoms with E-state index in [0.29, 0.717) is 0 Å². The van der Waals surface area contributed by atoms with Crippen LogP contribution in [0.5, 0.6) is 0 Å². The van der Waals surface area contributed by atoms with Gasteiger partial charge in [-0.15, -0.1) is 0 Å². The van der Waals surface area contributed by atoms with Crippen LogP contribution < -0.4 is 5.32 Å². The summed E-state index contributed by atoms with van der Waals surface area (Å²) in [6, 6.07) is 0. The molecule has 0 aromatic rings. The largest absolute Gasteiger partial charge is 0.316 e. The summed E-state index contributed by atoms with van der Waals surface area (Å²) >= 11 is 0. The lowest BCUT2D eigenvalue weighted by Gasteiger charge is -2.42. The first kappa shape index (κ1) is 15.4. The summed E-state index contributed by atoms with van der Waals surface area (Å²) in [6.45, 7) is 9.73. The van der Waals surface area contributed by atoms with Crippen molar-refractivity contribution in [2.75, 3.05) is 13.1 Å². The van der Waals surface area contributed by atoms with Crippen LogP contribution in [0.3, 0.4) is 0 Å². The number of hydrogen-bond acceptors (Lipinski definition) is 1. The zero-order valence-electron chi connectivity index (χ0n) is 13.5. The van der Waals surface area contributed by atoms with E-state index in [1.807, 2.05) is 0 Å². The average Bonchev–Trinajstić information content (AvgIpc) is 2.40. The molecule has 2 saturated carbocycles. The average molecular weight is 265 g/mol. The van der Waals surface area contributed by atoms with Crippen molar-refractivity contribution >= 4 is 0 Å². The molecule has 19 heavy (non-hydrogen) atoms. The molecule has 112 valence electrons. The summed E-state index contributed by atoms with van der Waals surface area (Å²) in [7, 11) is 0. The molecule has 0 heterocycles. The second kappa shape index (κ2) is 7.67. The monoisotopic (exact) mass is 265 g/mol. The molecule has 1 N–H and O–H groups in total. The lowest BCUT2D eigenvalue weighted by Crippen LogP contribution is -2.38. The van der Waals surface area contributed by atoms with Gasteiger partial charge < -0.3 is 5.32 Å². The number of rotatable bonds is 5. The smallest absolute Gasteiger partial charge is 0.00178 e. The van der Waals surface area contributed by atoms with E-state index < -0.39 is 0 Å². The third-order valence-corrected chi connectivity index (χ3v) is 5.73. The van der Waals surface area contributed by atoms with E-state index in [1.165, 1.54) is 64.5 Å². The van der Waals surface area contributed by atoms with Gasteiger partial charge in [0, 0.05) is 0 Å². The fraction of sp³-hybridized carbons (Fsp3) is 1.00. The summed E-state index contributed by atoms with van der Waals surface area (Å²) in [5.41, 5.74) is 0. The highest BCUT2D eigenvalue weighted by Crippen LogP contribution is 2.44. The van der Waals surface area contributed by atoms with E-state index in [2.05, 4.69) is 26.1 Å². The van der Waals surface area contributed by atoms with Gasteiger partial charge >= 0.3 is 0 Å². The molecule has 0 aromatic carbocycles. The van der Waals surface area contributed by atoms with Crippen molar-refractivity contribution in [1.82, 2.24) is 5.32 Å². The van der Waals surface area contributed by atoms with Gasteiger partial charge in [-0.2, -0.15) is 0 Å². The maximum atomic E-state index is 3.70. The molecule has 5 atom stereocenters. The molecule has 2 aliphatic rings. The Hall–Kier alpha value is -0.0400. The Balaban J connectivity index is 1.91. The van der Waals surface area contributed by atoms with E-state index >= 15 is 0 Å². The minimum atomic E-state index is 0.970. The molecular formula is C18H35N. The first-order chi connectivity index (χ1) is 9.20. The van der Waals surface area contributed by atoms with Gasteiger partial charge in [0.05, 0.1) is 0 Å². The van der Waals surface area contributed by atoms with Gasteiger partial charge in [0.15, 0.2) is 0 Å². The highest BCUT2D eigenvalue weighted by molar-refractivity contribution is 4.87. The molecule has 0 amide bonds. The molecule has 1 heteroatoms. The van der Waals surface area contributed by atoms with Crippen molar-refractivity contribution in [3.8, 4) is 0 Å². The predicted molar refractivity (Wildman–Crippen MR) is 84.3 cm³/mol. The standard InChI is InChI=1S/C18H35N/c1-4-10-19-13-17-9-8-15(3)12-18(17)16-7-5-6-14(2)11-16/h14-19H,4-13H2,1-3H3. The van der Waals surface area contributed by atoms with Crippen molar-refractivity contribution in [1.29, 1.82) is 0 Å². The molecule has 0 spiro atoms. The zero-order chi connectivity index (χ0) is 13.7. The first-order valence-corrected chi connectivity index (χ1v) is 8.91. The highest BCUT2D eigenvalue weighted by atomic mass is 14.9. The van der Waals surface area contributed by atoms with Gasteiger partial charge in [0.25, 0.3) is 0 Å². The van der Waals surface area contributed by atoms with Crippen LogP contribution in [-0.2, 0) is 0 Å².